The van der Waals surface area contributed by atoms with Gasteiger partial charge in [-0.25, -0.2) is 0 Å². The monoisotopic (exact) mass is 262 g/mol. The van der Waals surface area contributed by atoms with Crippen LogP contribution < -0.4 is 0 Å². The second-order valence-electron chi connectivity index (χ2n) is 4.80. The van der Waals surface area contributed by atoms with Crippen LogP contribution in [0.25, 0.3) is 0 Å². The summed E-state index contributed by atoms with van der Waals surface area (Å²) >= 11 is 0. The highest BCUT2D eigenvalue weighted by Crippen LogP contribution is 2.13. The molecule has 2 aromatic heterocycles. The van der Waals surface area contributed by atoms with E-state index in [1.165, 1.54) is 0 Å². The fourth-order valence-electron chi connectivity index (χ4n) is 1.81. The first kappa shape index (κ1) is 13.4. The highest BCUT2D eigenvalue weighted by molar-refractivity contribution is 5.91. The van der Waals surface area contributed by atoms with Gasteiger partial charge in [0.2, 0.25) is 0 Å². The Morgan fingerprint density at radius 2 is 1.95 bits per heavy atom. The maximum atomic E-state index is 12.2. The van der Waals surface area contributed by atoms with Crippen LogP contribution in [0.1, 0.15) is 21.9 Å². The van der Waals surface area contributed by atoms with Crippen LogP contribution in [-0.4, -0.2) is 36.9 Å². The molecule has 0 unspecified atom stereocenters. The van der Waals surface area contributed by atoms with Crippen LogP contribution in [0, 0.1) is 0 Å². The zero-order chi connectivity index (χ0) is 13.8. The van der Waals surface area contributed by atoms with Crippen LogP contribution in [0.5, 0.6) is 0 Å². The third-order valence-electron chi connectivity index (χ3n) is 2.69. The molecule has 5 heteroatoms. The van der Waals surface area contributed by atoms with Crippen molar-refractivity contribution in [3.63, 3.8) is 0 Å². The normalized spacial score (nSPS) is 10.9. The molecular weight excluding hydrogens is 244 g/mol. The maximum absolute atomic E-state index is 12.2. The van der Waals surface area contributed by atoms with Crippen molar-refractivity contribution in [1.29, 1.82) is 0 Å². The highest BCUT2D eigenvalue weighted by atomic mass is 16.4. The summed E-state index contributed by atoms with van der Waals surface area (Å²) in [5.41, 5.74) is 0.955. The van der Waals surface area contributed by atoms with Crippen LogP contribution >= 0.6 is 0 Å². The molecule has 5 nitrogen and oxygen atoms in total. The molecule has 0 atom stereocenters. The molecule has 102 valence electrons. The first-order valence-electron chi connectivity index (χ1n) is 6.06. The molecule has 2 aromatic rings. The molecule has 0 radical (unpaired) electrons. The molecule has 0 saturated heterocycles. The van der Waals surface area contributed by atoms with Crippen molar-refractivity contribution in [3.05, 3.63) is 47.8 Å². The van der Waals surface area contributed by atoms with Crippen molar-refractivity contribution >= 4 is 5.91 Å². The van der Waals surface area contributed by atoms with Crippen molar-refractivity contribution in [2.75, 3.05) is 21.1 Å². The molecule has 0 N–H and O–H groups in total. The second-order valence-corrected chi connectivity index (χ2v) is 4.80. The fraction of sp³-hybridized carbons (Fsp3) is 0.357. The first-order valence-corrected chi connectivity index (χ1v) is 6.06. The number of carbonyl (C=O) groups excluding carboxylic acids is 1. The third kappa shape index (κ3) is 3.48. The van der Waals surface area contributed by atoms with Gasteiger partial charge in [0.1, 0.15) is 5.76 Å². The minimum absolute atomic E-state index is 0.133. The van der Waals surface area contributed by atoms with E-state index >= 15 is 0 Å². The molecule has 0 spiro atoms. The van der Waals surface area contributed by atoms with Gasteiger partial charge in [0, 0.05) is 19.2 Å². The van der Waals surface area contributed by atoms with Gasteiger partial charge in [-0.05, 0) is 32.3 Å². The number of furan rings is 2. The second kappa shape index (κ2) is 5.75. The predicted octanol–water partition coefficient (Wildman–Crippen LogP) is 2.21. The Balaban J connectivity index is 2.00. The van der Waals surface area contributed by atoms with E-state index in [1.54, 1.807) is 30.5 Å². The van der Waals surface area contributed by atoms with Gasteiger partial charge in [0.25, 0.3) is 5.91 Å². The van der Waals surface area contributed by atoms with E-state index in [0.29, 0.717) is 18.8 Å². The molecule has 0 bridgehead atoms. The number of carbonyl (C=O) groups is 1. The largest absolute Gasteiger partial charge is 0.472 e. The lowest BCUT2D eigenvalue weighted by Gasteiger charge is -2.14. The average molecular weight is 262 g/mol. The highest BCUT2D eigenvalue weighted by Gasteiger charge is 2.16. The van der Waals surface area contributed by atoms with E-state index in [-0.39, 0.29) is 5.91 Å². The first-order chi connectivity index (χ1) is 9.06. The molecular formula is C14H18N2O3. The van der Waals surface area contributed by atoms with Crippen molar-refractivity contribution in [3.8, 4) is 0 Å². The summed E-state index contributed by atoms with van der Waals surface area (Å²) in [6.07, 6.45) is 3.22. The maximum Gasteiger partial charge on any atom is 0.289 e. The number of hydrogen-bond donors (Lipinski definition) is 0. The fourth-order valence-corrected chi connectivity index (χ4v) is 1.81. The third-order valence-corrected chi connectivity index (χ3v) is 2.69. The van der Waals surface area contributed by atoms with Crippen LogP contribution in [0.15, 0.2) is 39.6 Å². The van der Waals surface area contributed by atoms with Crippen LogP contribution in [0.2, 0.25) is 0 Å². The predicted molar refractivity (Wildman–Crippen MR) is 70.6 cm³/mol. The van der Waals surface area contributed by atoms with Gasteiger partial charge < -0.3 is 18.6 Å². The molecule has 1 amide bonds. The number of amides is 1. The smallest absolute Gasteiger partial charge is 0.289 e. The summed E-state index contributed by atoms with van der Waals surface area (Å²) in [6.45, 7) is 1.18. The summed E-state index contributed by atoms with van der Waals surface area (Å²) in [7, 11) is 5.65. The van der Waals surface area contributed by atoms with E-state index < -0.39 is 0 Å². The summed E-state index contributed by atoms with van der Waals surface area (Å²) in [4.78, 5) is 15.7. The summed E-state index contributed by atoms with van der Waals surface area (Å²) in [5, 5.41) is 0. The molecule has 2 rings (SSSR count). The Kier molecular flexibility index (Phi) is 4.06. The SMILES string of the molecule is CN(C)Cc1ccc(C(=O)N(C)Cc2ccoc2)o1. The summed E-state index contributed by atoms with van der Waals surface area (Å²) in [6, 6.07) is 5.38. The Hall–Kier alpha value is -2.01. The van der Waals surface area contributed by atoms with Gasteiger partial charge in [-0.3, -0.25) is 4.79 Å². The average Bonchev–Trinajstić information content (AvgIpc) is 2.98. The van der Waals surface area contributed by atoms with Gasteiger partial charge >= 0.3 is 0 Å². The molecule has 19 heavy (non-hydrogen) atoms. The van der Waals surface area contributed by atoms with Crippen LogP contribution in [0.3, 0.4) is 0 Å². The Labute approximate surface area is 112 Å². The van der Waals surface area contributed by atoms with E-state index in [2.05, 4.69) is 0 Å². The number of rotatable bonds is 5. The molecule has 0 aliphatic rings. The standard InChI is InChI=1S/C14H18N2O3/c1-15(2)9-12-4-5-13(19-12)14(17)16(3)8-11-6-7-18-10-11/h4-7,10H,8-9H2,1-3H3. The van der Waals surface area contributed by atoms with E-state index in [9.17, 15) is 4.79 Å². The molecule has 0 aliphatic carbocycles. The van der Waals surface area contributed by atoms with Crippen molar-refractivity contribution in [1.82, 2.24) is 9.80 Å². The topological polar surface area (TPSA) is 49.8 Å². The molecule has 0 fully saturated rings. The van der Waals surface area contributed by atoms with Crippen LogP contribution in [0.4, 0.5) is 0 Å². The molecule has 0 saturated carbocycles. The summed E-state index contributed by atoms with van der Waals surface area (Å²) in [5.74, 6) is 1.01. The Morgan fingerprint density at radius 3 is 2.58 bits per heavy atom. The van der Waals surface area contributed by atoms with Gasteiger partial charge in [-0.15, -0.1) is 0 Å². The van der Waals surface area contributed by atoms with Gasteiger partial charge in [0.05, 0.1) is 19.1 Å². The van der Waals surface area contributed by atoms with Gasteiger partial charge in [-0.2, -0.15) is 0 Å². The number of hydrogen-bond acceptors (Lipinski definition) is 4. The minimum Gasteiger partial charge on any atom is -0.472 e. The van der Waals surface area contributed by atoms with Crippen molar-refractivity contribution < 1.29 is 13.6 Å². The zero-order valence-corrected chi connectivity index (χ0v) is 11.4. The Bertz CT molecular complexity index is 529. The van der Waals surface area contributed by atoms with E-state index in [4.69, 9.17) is 8.83 Å². The van der Waals surface area contributed by atoms with Gasteiger partial charge in [-0.1, -0.05) is 0 Å². The van der Waals surface area contributed by atoms with Crippen molar-refractivity contribution in [2.24, 2.45) is 0 Å². The quantitative estimate of drug-likeness (QED) is 0.829. The minimum atomic E-state index is -0.133. The molecule has 0 aliphatic heterocycles. The van der Waals surface area contributed by atoms with Crippen LogP contribution in [-0.2, 0) is 13.1 Å². The Morgan fingerprint density at radius 1 is 1.16 bits per heavy atom. The molecule has 0 aromatic carbocycles. The molecule has 2 heterocycles. The zero-order valence-electron chi connectivity index (χ0n) is 11.4. The number of nitrogens with zero attached hydrogens (tertiary/aromatic N) is 2. The van der Waals surface area contributed by atoms with E-state index in [1.807, 2.05) is 31.1 Å². The van der Waals surface area contributed by atoms with Gasteiger partial charge in [0.15, 0.2) is 5.76 Å². The lowest BCUT2D eigenvalue weighted by atomic mass is 10.3. The lowest BCUT2D eigenvalue weighted by Crippen LogP contribution is -2.25. The van der Waals surface area contributed by atoms with Crippen molar-refractivity contribution in [2.45, 2.75) is 13.1 Å². The summed E-state index contributed by atoms with van der Waals surface area (Å²) < 4.78 is 10.5. The lowest BCUT2D eigenvalue weighted by molar-refractivity contribution is 0.0750. The van der Waals surface area contributed by atoms with E-state index in [0.717, 1.165) is 11.3 Å².